The van der Waals surface area contributed by atoms with E-state index in [1.165, 1.54) is 22.4 Å². The zero-order valence-corrected chi connectivity index (χ0v) is 8.08. The third-order valence-corrected chi connectivity index (χ3v) is 3.27. The fraction of sp³-hybridized carbons (Fsp3) is 0.400. The second-order valence-electron chi connectivity index (χ2n) is 3.13. The molecule has 0 aromatic carbocycles. The number of thiophene rings is 1. The zero-order valence-electron chi connectivity index (χ0n) is 7.26. The quantitative estimate of drug-likeness (QED) is 0.698. The Bertz CT molecular complexity index is 299. The summed E-state index contributed by atoms with van der Waals surface area (Å²) in [5, 5.41) is 5.56. The van der Waals surface area contributed by atoms with E-state index in [2.05, 4.69) is 29.8 Å². The Balaban J connectivity index is 2.29. The lowest BCUT2D eigenvalue weighted by Gasteiger charge is -2.13. The molecule has 0 aliphatic carbocycles. The molecule has 12 heavy (non-hydrogen) atoms. The van der Waals surface area contributed by atoms with Gasteiger partial charge in [-0.05, 0) is 42.5 Å². The first-order valence-corrected chi connectivity index (χ1v) is 5.20. The first kappa shape index (κ1) is 8.02. The lowest BCUT2D eigenvalue weighted by molar-refractivity contribution is 0.740. The minimum absolute atomic E-state index is 1.04. The molecule has 0 amide bonds. The Morgan fingerprint density at radius 2 is 2.42 bits per heavy atom. The van der Waals surface area contributed by atoms with Gasteiger partial charge in [-0.3, -0.25) is 0 Å². The van der Waals surface area contributed by atoms with Gasteiger partial charge in [0, 0.05) is 11.4 Å². The SMILES string of the molecule is Cc1ccsc1C1=CCCNC1. The summed E-state index contributed by atoms with van der Waals surface area (Å²) >= 11 is 1.85. The Hall–Kier alpha value is -0.600. The zero-order chi connectivity index (χ0) is 8.39. The average molecular weight is 179 g/mol. The van der Waals surface area contributed by atoms with Gasteiger partial charge in [0.2, 0.25) is 0 Å². The van der Waals surface area contributed by atoms with Crippen LogP contribution in [0.5, 0.6) is 0 Å². The van der Waals surface area contributed by atoms with Crippen LogP contribution in [0.15, 0.2) is 17.5 Å². The number of hydrogen-bond acceptors (Lipinski definition) is 2. The van der Waals surface area contributed by atoms with E-state index in [1.807, 2.05) is 11.3 Å². The molecule has 0 radical (unpaired) electrons. The van der Waals surface area contributed by atoms with Crippen LogP contribution in [-0.4, -0.2) is 13.1 Å². The molecule has 64 valence electrons. The third kappa shape index (κ3) is 1.45. The highest BCUT2D eigenvalue weighted by atomic mass is 32.1. The van der Waals surface area contributed by atoms with Crippen LogP contribution in [0.3, 0.4) is 0 Å². The van der Waals surface area contributed by atoms with Gasteiger partial charge in [-0.2, -0.15) is 0 Å². The molecule has 1 aliphatic rings. The van der Waals surface area contributed by atoms with E-state index in [0.717, 1.165) is 13.1 Å². The van der Waals surface area contributed by atoms with Gasteiger partial charge < -0.3 is 5.32 Å². The molecule has 0 unspecified atom stereocenters. The van der Waals surface area contributed by atoms with Crippen molar-refractivity contribution in [2.24, 2.45) is 0 Å². The Morgan fingerprint density at radius 1 is 1.50 bits per heavy atom. The average Bonchev–Trinajstić information content (AvgIpc) is 2.53. The van der Waals surface area contributed by atoms with Crippen molar-refractivity contribution < 1.29 is 0 Å². The number of rotatable bonds is 1. The van der Waals surface area contributed by atoms with Crippen LogP contribution in [0.4, 0.5) is 0 Å². The van der Waals surface area contributed by atoms with Crippen LogP contribution in [-0.2, 0) is 0 Å². The van der Waals surface area contributed by atoms with Crippen molar-refractivity contribution in [3.8, 4) is 0 Å². The highest BCUT2D eigenvalue weighted by Crippen LogP contribution is 2.25. The summed E-state index contributed by atoms with van der Waals surface area (Å²) in [5.41, 5.74) is 2.89. The monoisotopic (exact) mass is 179 g/mol. The normalized spacial score (nSPS) is 17.6. The molecule has 1 aromatic rings. The Morgan fingerprint density at radius 3 is 3.00 bits per heavy atom. The predicted octanol–water partition coefficient (Wildman–Crippen LogP) is 2.43. The van der Waals surface area contributed by atoms with Crippen molar-refractivity contribution in [3.63, 3.8) is 0 Å². The standard InChI is InChI=1S/C10H13NS/c1-8-4-6-12-10(8)9-3-2-5-11-7-9/h3-4,6,11H,2,5,7H2,1H3. The van der Waals surface area contributed by atoms with Gasteiger partial charge in [-0.15, -0.1) is 11.3 Å². The lowest BCUT2D eigenvalue weighted by atomic mass is 10.1. The van der Waals surface area contributed by atoms with Crippen molar-refractivity contribution in [3.05, 3.63) is 28.0 Å². The van der Waals surface area contributed by atoms with E-state index < -0.39 is 0 Å². The number of nitrogens with one attached hydrogen (secondary N) is 1. The minimum atomic E-state index is 1.04. The van der Waals surface area contributed by atoms with Gasteiger partial charge in [0.15, 0.2) is 0 Å². The molecule has 0 fully saturated rings. The van der Waals surface area contributed by atoms with Crippen molar-refractivity contribution in [1.29, 1.82) is 0 Å². The molecular formula is C10H13NS. The van der Waals surface area contributed by atoms with E-state index in [9.17, 15) is 0 Å². The summed E-state index contributed by atoms with van der Waals surface area (Å²) in [6.45, 7) is 4.36. The van der Waals surface area contributed by atoms with Crippen LogP contribution < -0.4 is 5.32 Å². The first-order chi connectivity index (χ1) is 5.88. The molecule has 2 rings (SSSR count). The fourth-order valence-electron chi connectivity index (χ4n) is 1.52. The van der Waals surface area contributed by atoms with E-state index in [0.29, 0.717) is 0 Å². The first-order valence-electron chi connectivity index (χ1n) is 4.32. The van der Waals surface area contributed by atoms with E-state index in [4.69, 9.17) is 0 Å². The summed E-state index contributed by atoms with van der Waals surface area (Å²) in [5.74, 6) is 0. The topological polar surface area (TPSA) is 12.0 Å². The molecule has 1 aromatic heterocycles. The minimum Gasteiger partial charge on any atom is -0.312 e. The summed E-state index contributed by atoms with van der Waals surface area (Å²) in [4.78, 5) is 1.46. The molecular weight excluding hydrogens is 166 g/mol. The molecule has 1 aliphatic heterocycles. The highest BCUT2D eigenvalue weighted by Gasteiger charge is 2.08. The van der Waals surface area contributed by atoms with Gasteiger partial charge in [-0.1, -0.05) is 6.08 Å². The molecule has 1 nitrogen and oxygen atoms in total. The van der Waals surface area contributed by atoms with Gasteiger partial charge in [-0.25, -0.2) is 0 Å². The molecule has 0 bridgehead atoms. The maximum atomic E-state index is 3.39. The smallest absolute Gasteiger partial charge is 0.0341 e. The lowest BCUT2D eigenvalue weighted by Crippen LogP contribution is -2.21. The molecule has 0 saturated carbocycles. The number of hydrogen-bond donors (Lipinski definition) is 1. The Kier molecular flexibility index (Phi) is 2.28. The van der Waals surface area contributed by atoms with Crippen LogP contribution in [0.1, 0.15) is 16.9 Å². The summed E-state index contributed by atoms with van der Waals surface area (Å²) in [6.07, 6.45) is 3.53. The molecule has 2 heteroatoms. The van der Waals surface area contributed by atoms with Gasteiger partial charge in [0.25, 0.3) is 0 Å². The third-order valence-electron chi connectivity index (χ3n) is 2.18. The molecule has 0 spiro atoms. The largest absolute Gasteiger partial charge is 0.312 e. The van der Waals surface area contributed by atoms with Gasteiger partial charge in [0.05, 0.1) is 0 Å². The second-order valence-corrected chi connectivity index (χ2v) is 4.04. The van der Waals surface area contributed by atoms with E-state index in [-0.39, 0.29) is 0 Å². The molecule has 1 N–H and O–H groups in total. The predicted molar refractivity (Wildman–Crippen MR) is 54.5 cm³/mol. The van der Waals surface area contributed by atoms with Crippen LogP contribution >= 0.6 is 11.3 Å². The fourth-order valence-corrected chi connectivity index (χ4v) is 2.49. The highest BCUT2D eigenvalue weighted by molar-refractivity contribution is 7.11. The Labute approximate surface area is 77.1 Å². The van der Waals surface area contributed by atoms with Crippen molar-refractivity contribution >= 4 is 16.9 Å². The molecule has 0 atom stereocenters. The van der Waals surface area contributed by atoms with Crippen LogP contribution in [0.25, 0.3) is 5.57 Å². The van der Waals surface area contributed by atoms with Crippen molar-refractivity contribution in [2.45, 2.75) is 13.3 Å². The maximum Gasteiger partial charge on any atom is 0.0341 e. The molecule has 0 saturated heterocycles. The van der Waals surface area contributed by atoms with Crippen molar-refractivity contribution in [1.82, 2.24) is 5.32 Å². The van der Waals surface area contributed by atoms with Crippen LogP contribution in [0.2, 0.25) is 0 Å². The summed E-state index contributed by atoms with van der Waals surface area (Å²) in [6, 6.07) is 2.19. The van der Waals surface area contributed by atoms with E-state index >= 15 is 0 Å². The van der Waals surface area contributed by atoms with Crippen LogP contribution in [0, 0.1) is 6.92 Å². The van der Waals surface area contributed by atoms with Gasteiger partial charge >= 0.3 is 0 Å². The van der Waals surface area contributed by atoms with Gasteiger partial charge in [0.1, 0.15) is 0 Å². The summed E-state index contributed by atoms with van der Waals surface area (Å²) < 4.78 is 0. The summed E-state index contributed by atoms with van der Waals surface area (Å²) in [7, 11) is 0. The maximum absolute atomic E-state index is 3.39. The van der Waals surface area contributed by atoms with Crippen molar-refractivity contribution in [2.75, 3.05) is 13.1 Å². The van der Waals surface area contributed by atoms with E-state index in [1.54, 1.807) is 0 Å². The molecule has 2 heterocycles. The number of aryl methyl sites for hydroxylation is 1. The second kappa shape index (κ2) is 3.42.